The maximum Gasteiger partial charge on any atom is 0.253 e. The van der Waals surface area contributed by atoms with Gasteiger partial charge in [-0.1, -0.05) is 24.6 Å². The molecule has 2 rings (SSSR count). The Morgan fingerprint density at radius 1 is 1.53 bits per heavy atom. The van der Waals surface area contributed by atoms with Crippen molar-refractivity contribution in [2.45, 2.75) is 36.1 Å². The van der Waals surface area contributed by atoms with Crippen LogP contribution in [0.1, 0.15) is 25.7 Å². The van der Waals surface area contributed by atoms with Gasteiger partial charge in [-0.3, -0.25) is 4.79 Å². The fourth-order valence-corrected chi connectivity index (χ4v) is 3.29. The molecule has 1 heterocycles. The largest absolute Gasteiger partial charge is 0.383 e. The number of nitriles is 1. The Balaban J connectivity index is 2.14. The molecule has 0 radical (unpaired) electrons. The molecular formula is C11H14N4OS. The van der Waals surface area contributed by atoms with Crippen LogP contribution in [0, 0.1) is 17.2 Å². The molecule has 1 aliphatic carbocycles. The third-order valence-corrected chi connectivity index (χ3v) is 4.15. The summed E-state index contributed by atoms with van der Waals surface area (Å²) in [5, 5.41) is 9.79. The molecule has 1 fully saturated rings. The number of nitrogen functional groups attached to an aromatic ring is 1. The number of aromatic nitrogens is 2. The van der Waals surface area contributed by atoms with Gasteiger partial charge in [-0.05, 0) is 12.8 Å². The minimum atomic E-state index is -0.246. The lowest BCUT2D eigenvalue weighted by Crippen LogP contribution is -2.21. The second-order valence-corrected chi connectivity index (χ2v) is 5.38. The van der Waals surface area contributed by atoms with Crippen LogP contribution in [0.2, 0.25) is 0 Å². The monoisotopic (exact) mass is 250 g/mol. The number of thioether (sulfide) groups is 1. The van der Waals surface area contributed by atoms with E-state index in [1.165, 1.54) is 17.8 Å². The van der Waals surface area contributed by atoms with Crippen LogP contribution in [0.4, 0.5) is 5.82 Å². The Bertz CT molecular complexity index is 493. The summed E-state index contributed by atoms with van der Waals surface area (Å²) in [6.45, 7) is 0. The summed E-state index contributed by atoms with van der Waals surface area (Å²) in [4.78, 5) is 18.0. The Hall–Kier alpha value is -1.48. The second-order valence-electron chi connectivity index (χ2n) is 4.15. The second kappa shape index (κ2) is 5.23. The van der Waals surface area contributed by atoms with E-state index in [2.05, 4.69) is 16.0 Å². The summed E-state index contributed by atoms with van der Waals surface area (Å²) in [5.74, 6) is 0.265. The molecule has 5 nitrogen and oxygen atoms in total. The maximum atomic E-state index is 11.2. The number of nitrogens with one attached hydrogen (secondary N) is 1. The Morgan fingerprint density at radius 2 is 2.29 bits per heavy atom. The highest BCUT2D eigenvalue weighted by atomic mass is 32.2. The van der Waals surface area contributed by atoms with E-state index in [9.17, 15) is 4.79 Å². The van der Waals surface area contributed by atoms with Crippen molar-refractivity contribution in [3.05, 3.63) is 16.4 Å². The minimum Gasteiger partial charge on any atom is -0.383 e. The van der Waals surface area contributed by atoms with E-state index in [-0.39, 0.29) is 22.5 Å². The molecule has 0 aromatic carbocycles. The number of nitrogens with zero attached hydrogens (tertiary/aromatic N) is 2. The van der Waals surface area contributed by atoms with Gasteiger partial charge in [0.2, 0.25) is 0 Å². The number of anilines is 1. The van der Waals surface area contributed by atoms with Crippen molar-refractivity contribution in [2.75, 3.05) is 5.73 Å². The summed E-state index contributed by atoms with van der Waals surface area (Å²) in [6, 6.07) is 3.59. The lowest BCUT2D eigenvalue weighted by atomic mass is 9.90. The first-order chi connectivity index (χ1) is 8.19. The molecule has 90 valence electrons. The fraction of sp³-hybridized carbons (Fsp3) is 0.545. The van der Waals surface area contributed by atoms with E-state index < -0.39 is 0 Å². The number of rotatable bonds is 2. The first-order valence-electron chi connectivity index (χ1n) is 5.62. The zero-order valence-corrected chi connectivity index (χ0v) is 10.2. The highest BCUT2D eigenvalue weighted by molar-refractivity contribution is 7.99. The SMILES string of the molecule is N#CC1CCCCC1Sc1nc(N)cc(=O)[nH]1. The van der Waals surface area contributed by atoms with Crippen LogP contribution in [-0.4, -0.2) is 15.2 Å². The summed E-state index contributed by atoms with van der Waals surface area (Å²) in [5.41, 5.74) is 5.28. The van der Waals surface area contributed by atoms with Gasteiger partial charge in [-0.15, -0.1) is 0 Å². The smallest absolute Gasteiger partial charge is 0.253 e. The van der Waals surface area contributed by atoms with Gasteiger partial charge >= 0.3 is 0 Å². The van der Waals surface area contributed by atoms with Gasteiger partial charge in [0.1, 0.15) is 5.82 Å². The van der Waals surface area contributed by atoms with Crippen molar-refractivity contribution >= 4 is 17.6 Å². The fourth-order valence-electron chi connectivity index (χ4n) is 2.04. The lowest BCUT2D eigenvalue weighted by molar-refractivity contribution is 0.439. The molecule has 1 aromatic rings. The zero-order chi connectivity index (χ0) is 12.3. The van der Waals surface area contributed by atoms with Gasteiger partial charge in [0.25, 0.3) is 5.56 Å². The molecule has 1 saturated carbocycles. The molecule has 1 aromatic heterocycles. The topological polar surface area (TPSA) is 95.6 Å². The zero-order valence-electron chi connectivity index (χ0n) is 9.35. The van der Waals surface area contributed by atoms with Gasteiger partial charge in [0.05, 0.1) is 12.0 Å². The van der Waals surface area contributed by atoms with E-state index in [1.54, 1.807) is 0 Å². The van der Waals surface area contributed by atoms with Crippen molar-refractivity contribution in [1.82, 2.24) is 9.97 Å². The van der Waals surface area contributed by atoms with Crippen molar-refractivity contribution in [3.8, 4) is 6.07 Å². The van der Waals surface area contributed by atoms with Crippen molar-refractivity contribution < 1.29 is 0 Å². The highest BCUT2D eigenvalue weighted by Gasteiger charge is 2.26. The number of hydrogen-bond donors (Lipinski definition) is 2. The summed E-state index contributed by atoms with van der Waals surface area (Å²) in [6.07, 6.45) is 4.15. The Kier molecular flexibility index (Phi) is 3.69. The van der Waals surface area contributed by atoms with Gasteiger partial charge in [0.15, 0.2) is 5.16 Å². The standard InChI is InChI=1S/C11H14N4OS/c12-6-7-3-1-2-4-8(7)17-11-14-9(13)5-10(16)15-11/h5,7-8H,1-4H2,(H3,13,14,15,16). The Labute approximate surface area is 103 Å². The quantitative estimate of drug-likeness (QED) is 0.776. The van der Waals surface area contributed by atoms with Crippen LogP contribution in [0.15, 0.2) is 16.0 Å². The molecule has 17 heavy (non-hydrogen) atoms. The molecule has 0 aliphatic heterocycles. The molecule has 0 saturated heterocycles. The van der Waals surface area contributed by atoms with Crippen LogP contribution < -0.4 is 11.3 Å². The number of aromatic amines is 1. The third kappa shape index (κ3) is 3.01. The summed E-state index contributed by atoms with van der Waals surface area (Å²) >= 11 is 1.46. The molecular weight excluding hydrogens is 236 g/mol. The summed E-state index contributed by atoms with van der Waals surface area (Å²) in [7, 11) is 0. The molecule has 6 heteroatoms. The van der Waals surface area contributed by atoms with E-state index in [4.69, 9.17) is 11.0 Å². The maximum absolute atomic E-state index is 11.2. The van der Waals surface area contributed by atoms with Crippen LogP contribution in [0.5, 0.6) is 0 Å². The van der Waals surface area contributed by atoms with E-state index in [0.717, 1.165) is 25.7 Å². The van der Waals surface area contributed by atoms with Crippen LogP contribution in [-0.2, 0) is 0 Å². The van der Waals surface area contributed by atoms with Crippen LogP contribution >= 0.6 is 11.8 Å². The van der Waals surface area contributed by atoms with E-state index in [0.29, 0.717) is 5.16 Å². The van der Waals surface area contributed by atoms with E-state index in [1.807, 2.05) is 0 Å². The lowest BCUT2D eigenvalue weighted by Gasteiger charge is -2.25. The predicted molar refractivity (Wildman–Crippen MR) is 66.5 cm³/mol. The van der Waals surface area contributed by atoms with Crippen LogP contribution in [0.25, 0.3) is 0 Å². The van der Waals surface area contributed by atoms with Gasteiger partial charge < -0.3 is 10.7 Å². The molecule has 1 aliphatic rings. The number of nitrogens with two attached hydrogens (primary N) is 1. The first kappa shape index (κ1) is 12.0. The Morgan fingerprint density at radius 3 is 3.00 bits per heavy atom. The highest BCUT2D eigenvalue weighted by Crippen LogP contribution is 2.35. The molecule has 0 amide bonds. The average molecular weight is 250 g/mol. The van der Waals surface area contributed by atoms with Gasteiger partial charge in [-0.25, -0.2) is 4.98 Å². The number of H-pyrrole nitrogens is 1. The van der Waals surface area contributed by atoms with E-state index >= 15 is 0 Å². The van der Waals surface area contributed by atoms with Crippen LogP contribution in [0.3, 0.4) is 0 Å². The molecule has 0 bridgehead atoms. The summed E-state index contributed by atoms with van der Waals surface area (Å²) < 4.78 is 0. The average Bonchev–Trinajstić information content (AvgIpc) is 2.28. The molecule has 0 spiro atoms. The third-order valence-electron chi connectivity index (χ3n) is 2.87. The first-order valence-corrected chi connectivity index (χ1v) is 6.50. The normalized spacial score (nSPS) is 24.2. The van der Waals surface area contributed by atoms with Gasteiger partial charge in [0, 0.05) is 11.3 Å². The van der Waals surface area contributed by atoms with Crippen molar-refractivity contribution in [3.63, 3.8) is 0 Å². The predicted octanol–water partition coefficient (Wildman–Crippen LogP) is 1.53. The molecule has 2 atom stereocenters. The molecule has 3 N–H and O–H groups in total. The van der Waals surface area contributed by atoms with Gasteiger partial charge in [-0.2, -0.15) is 5.26 Å². The van der Waals surface area contributed by atoms with Crippen molar-refractivity contribution in [1.29, 1.82) is 5.26 Å². The molecule has 2 unspecified atom stereocenters. The minimum absolute atomic E-state index is 0.0421. The number of hydrogen-bond acceptors (Lipinski definition) is 5. The van der Waals surface area contributed by atoms with Crippen molar-refractivity contribution in [2.24, 2.45) is 5.92 Å².